The molecule has 10 rings (SSSR count). The van der Waals surface area contributed by atoms with Gasteiger partial charge in [0.15, 0.2) is 5.82 Å². The van der Waals surface area contributed by atoms with Crippen molar-refractivity contribution in [2.75, 3.05) is 0 Å². The first-order valence-electron chi connectivity index (χ1n) is 16.1. The molecule has 0 bridgehead atoms. The third-order valence-electron chi connectivity index (χ3n) is 9.98. The number of aromatic nitrogens is 3. The first-order valence-corrected chi connectivity index (χ1v) is 19.9. The molecule has 5 heteroatoms. The Kier molecular flexibility index (Phi) is 5.60. The molecule has 6 aromatic carbocycles. The molecule has 4 heterocycles. The molecule has 1 aliphatic heterocycles. The van der Waals surface area contributed by atoms with Crippen molar-refractivity contribution in [1.29, 1.82) is 0 Å². The molecule has 0 saturated heterocycles. The van der Waals surface area contributed by atoms with Gasteiger partial charge < -0.3 is 4.57 Å². The summed E-state index contributed by atoms with van der Waals surface area (Å²) in [5.74, 6) is 0.777. The normalized spacial score (nSPS) is 13.5. The lowest BCUT2D eigenvalue weighted by Gasteiger charge is -2.22. The Bertz CT molecular complexity index is 2710. The zero-order valence-electron chi connectivity index (χ0n) is 26.0. The van der Waals surface area contributed by atoms with Crippen molar-refractivity contribution in [3.8, 4) is 39.6 Å². The van der Waals surface area contributed by atoms with Crippen molar-refractivity contribution >= 4 is 71.8 Å². The van der Waals surface area contributed by atoms with E-state index in [2.05, 4.69) is 151 Å². The predicted molar refractivity (Wildman–Crippen MR) is 202 cm³/mol. The SMILES string of the molecule is C[Si]1(C)c2cc(-n3c4ccccc4c4c5c(ccc43)sc3ccccc35)ccc2-c2nc(-c3ccccc3)nc(-c3ccccc3)c21. The topological polar surface area (TPSA) is 30.7 Å². The van der Waals surface area contributed by atoms with E-state index in [0.29, 0.717) is 0 Å². The van der Waals surface area contributed by atoms with Crippen LogP contribution in [0.3, 0.4) is 0 Å². The lowest BCUT2D eigenvalue weighted by atomic mass is 10.1. The summed E-state index contributed by atoms with van der Waals surface area (Å²) in [6.45, 7) is 4.93. The summed E-state index contributed by atoms with van der Waals surface area (Å²) in [6, 6.07) is 50.5. The van der Waals surface area contributed by atoms with E-state index >= 15 is 0 Å². The second-order valence-corrected chi connectivity index (χ2v) is 18.4. The molecule has 0 aliphatic carbocycles. The summed E-state index contributed by atoms with van der Waals surface area (Å²) in [7, 11) is -2.22. The summed E-state index contributed by atoms with van der Waals surface area (Å²) >= 11 is 1.88. The highest BCUT2D eigenvalue weighted by atomic mass is 32.1. The minimum Gasteiger partial charge on any atom is -0.309 e. The quantitative estimate of drug-likeness (QED) is 0.181. The third kappa shape index (κ3) is 3.78. The second kappa shape index (κ2) is 9.82. The third-order valence-corrected chi connectivity index (χ3v) is 14.6. The Morgan fingerprint density at radius 2 is 1.23 bits per heavy atom. The summed E-state index contributed by atoms with van der Waals surface area (Å²) in [5.41, 5.74) is 9.24. The van der Waals surface area contributed by atoms with Gasteiger partial charge in [-0.15, -0.1) is 11.3 Å². The number of nitrogens with zero attached hydrogens (tertiary/aromatic N) is 3. The highest BCUT2D eigenvalue weighted by Crippen LogP contribution is 2.43. The van der Waals surface area contributed by atoms with Gasteiger partial charge in [-0.05, 0) is 52.3 Å². The van der Waals surface area contributed by atoms with Crippen molar-refractivity contribution in [3.63, 3.8) is 0 Å². The number of hydrogen-bond donors (Lipinski definition) is 0. The molecule has 0 unspecified atom stereocenters. The van der Waals surface area contributed by atoms with E-state index < -0.39 is 8.07 Å². The summed E-state index contributed by atoms with van der Waals surface area (Å²) < 4.78 is 5.14. The number of benzene rings is 6. The minimum atomic E-state index is -2.22. The van der Waals surface area contributed by atoms with Crippen LogP contribution in [-0.4, -0.2) is 22.6 Å². The van der Waals surface area contributed by atoms with E-state index in [1.165, 1.54) is 63.6 Å². The molecule has 0 atom stereocenters. The van der Waals surface area contributed by atoms with E-state index in [4.69, 9.17) is 9.97 Å². The van der Waals surface area contributed by atoms with Gasteiger partial charge in [0.1, 0.15) is 8.07 Å². The fraction of sp³-hybridized carbons (Fsp3) is 0.0476. The van der Waals surface area contributed by atoms with Crippen LogP contribution in [0.1, 0.15) is 0 Å². The summed E-state index contributed by atoms with van der Waals surface area (Å²) in [5, 5.41) is 8.05. The smallest absolute Gasteiger partial charge is 0.160 e. The summed E-state index contributed by atoms with van der Waals surface area (Å²) in [4.78, 5) is 10.6. The van der Waals surface area contributed by atoms with Crippen molar-refractivity contribution < 1.29 is 0 Å². The molecule has 1 aliphatic rings. The fourth-order valence-electron chi connectivity index (χ4n) is 7.85. The van der Waals surface area contributed by atoms with Gasteiger partial charge in [-0.25, -0.2) is 9.97 Å². The molecule has 0 radical (unpaired) electrons. The van der Waals surface area contributed by atoms with Gasteiger partial charge in [0.05, 0.1) is 22.4 Å². The first kappa shape index (κ1) is 26.8. The van der Waals surface area contributed by atoms with Crippen LogP contribution < -0.4 is 10.4 Å². The number of fused-ring (bicyclic) bond motifs is 10. The Labute approximate surface area is 277 Å². The van der Waals surface area contributed by atoms with E-state index in [-0.39, 0.29) is 0 Å². The maximum Gasteiger partial charge on any atom is 0.160 e. The maximum absolute atomic E-state index is 5.31. The van der Waals surface area contributed by atoms with Crippen LogP contribution in [0.4, 0.5) is 0 Å². The van der Waals surface area contributed by atoms with Crippen LogP contribution >= 0.6 is 11.3 Å². The Balaban J connectivity index is 1.24. The Morgan fingerprint density at radius 1 is 0.553 bits per heavy atom. The lowest BCUT2D eigenvalue weighted by molar-refractivity contribution is 1.18. The van der Waals surface area contributed by atoms with Crippen LogP contribution in [0.5, 0.6) is 0 Å². The van der Waals surface area contributed by atoms with Crippen LogP contribution in [0.25, 0.3) is 81.6 Å². The average Bonchev–Trinajstić information content (AvgIpc) is 3.74. The second-order valence-electron chi connectivity index (χ2n) is 13.0. The molecule has 0 saturated carbocycles. The van der Waals surface area contributed by atoms with Crippen LogP contribution in [-0.2, 0) is 0 Å². The van der Waals surface area contributed by atoms with E-state index in [0.717, 1.165) is 28.3 Å². The molecule has 9 aromatic rings. The lowest BCUT2D eigenvalue weighted by Crippen LogP contribution is -2.50. The minimum absolute atomic E-state index is 0.777. The van der Waals surface area contributed by atoms with Crippen molar-refractivity contribution in [3.05, 3.63) is 140 Å². The molecule has 222 valence electrons. The highest BCUT2D eigenvalue weighted by molar-refractivity contribution is 7.26. The molecule has 3 nitrogen and oxygen atoms in total. The molecule has 3 aromatic heterocycles. The zero-order chi connectivity index (χ0) is 31.3. The van der Waals surface area contributed by atoms with Crippen LogP contribution in [0, 0.1) is 0 Å². The number of rotatable bonds is 3. The maximum atomic E-state index is 5.31. The fourth-order valence-corrected chi connectivity index (χ4v) is 12.2. The van der Waals surface area contributed by atoms with Gasteiger partial charge in [0.2, 0.25) is 0 Å². The molecule has 0 N–H and O–H groups in total. The van der Waals surface area contributed by atoms with Crippen LogP contribution in [0.2, 0.25) is 13.1 Å². The largest absolute Gasteiger partial charge is 0.309 e. The standard InChI is InChI=1S/C42H29N3SSi/c1-47(2)36-25-28(45-32-19-11-9-17-29(32)37-33(45)23-24-35-38(37)30-18-10-12-20-34(30)46-35)21-22-31(36)40-41(47)39(26-13-5-3-6-14-26)43-42(44-40)27-15-7-4-8-16-27/h3-25H,1-2H3. The molecular weight excluding hydrogens is 607 g/mol. The molecule has 0 spiro atoms. The summed E-state index contributed by atoms with van der Waals surface area (Å²) in [6.07, 6.45) is 0. The number of thiophene rings is 1. The van der Waals surface area contributed by atoms with Gasteiger partial charge in [0.25, 0.3) is 0 Å². The van der Waals surface area contributed by atoms with E-state index in [1.54, 1.807) is 0 Å². The molecule has 47 heavy (non-hydrogen) atoms. The highest BCUT2D eigenvalue weighted by Gasteiger charge is 2.42. The van der Waals surface area contributed by atoms with Crippen LogP contribution in [0.15, 0.2) is 140 Å². The average molecular weight is 636 g/mol. The molecular formula is C42H29N3SSi. The molecule has 0 fully saturated rings. The monoisotopic (exact) mass is 635 g/mol. The molecule has 0 amide bonds. The first-order chi connectivity index (χ1) is 23.1. The van der Waals surface area contributed by atoms with E-state index in [1.807, 2.05) is 17.4 Å². The van der Waals surface area contributed by atoms with Crippen molar-refractivity contribution in [1.82, 2.24) is 14.5 Å². The van der Waals surface area contributed by atoms with Crippen molar-refractivity contribution in [2.24, 2.45) is 0 Å². The van der Waals surface area contributed by atoms with Gasteiger partial charge in [0, 0.05) is 47.8 Å². The van der Waals surface area contributed by atoms with Gasteiger partial charge in [-0.2, -0.15) is 0 Å². The van der Waals surface area contributed by atoms with Gasteiger partial charge in [-0.1, -0.05) is 116 Å². The zero-order valence-corrected chi connectivity index (χ0v) is 27.8. The van der Waals surface area contributed by atoms with Gasteiger partial charge >= 0.3 is 0 Å². The number of hydrogen-bond acceptors (Lipinski definition) is 3. The van der Waals surface area contributed by atoms with E-state index in [9.17, 15) is 0 Å². The van der Waals surface area contributed by atoms with Gasteiger partial charge in [-0.3, -0.25) is 0 Å². The Hall–Kier alpha value is -5.36. The number of para-hydroxylation sites is 1. The Morgan fingerprint density at radius 3 is 2.04 bits per heavy atom. The predicted octanol–water partition coefficient (Wildman–Crippen LogP) is 10.1. The van der Waals surface area contributed by atoms with Crippen molar-refractivity contribution in [2.45, 2.75) is 13.1 Å².